The van der Waals surface area contributed by atoms with Gasteiger partial charge in [-0.1, -0.05) is 24.3 Å². The Balaban J connectivity index is 1.40. The largest absolute Gasteiger partial charge is 0.456 e. The molecular formula is C32H33ClN2O. The zero-order chi connectivity index (χ0) is 23.8. The summed E-state index contributed by atoms with van der Waals surface area (Å²) in [6.45, 7) is 4.75. The molecular weight excluding hydrogens is 464 g/mol. The van der Waals surface area contributed by atoms with Crippen molar-refractivity contribution in [3.63, 3.8) is 0 Å². The molecule has 3 nitrogen and oxygen atoms in total. The summed E-state index contributed by atoms with van der Waals surface area (Å²) in [5.41, 5.74) is 14.3. The molecule has 8 rings (SSSR count). The van der Waals surface area contributed by atoms with Crippen LogP contribution in [0.15, 0.2) is 36.4 Å². The number of hydrogen-bond acceptors (Lipinski definition) is 3. The molecule has 0 fully saturated rings. The zero-order valence-corrected chi connectivity index (χ0v) is 21.7. The van der Waals surface area contributed by atoms with Crippen LogP contribution in [0.3, 0.4) is 0 Å². The van der Waals surface area contributed by atoms with Crippen molar-refractivity contribution in [2.45, 2.75) is 63.2 Å². The SMILES string of the molecule is ClCc1ccc(C2c3cc4c5c(c3Oc3c2cc2c6c3CCCN6CCC2)CCCN5CCC4)cc1. The lowest BCUT2D eigenvalue weighted by molar-refractivity contribution is 0.432. The van der Waals surface area contributed by atoms with E-state index in [2.05, 4.69) is 46.2 Å². The van der Waals surface area contributed by atoms with E-state index in [1.165, 1.54) is 132 Å². The van der Waals surface area contributed by atoms with Gasteiger partial charge in [0.15, 0.2) is 0 Å². The van der Waals surface area contributed by atoms with E-state index in [1.807, 2.05) is 0 Å². The summed E-state index contributed by atoms with van der Waals surface area (Å²) in [5.74, 6) is 3.11. The Labute approximate surface area is 219 Å². The highest BCUT2D eigenvalue weighted by atomic mass is 35.5. The molecule has 5 aliphatic heterocycles. The fourth-order valence-corrected chi connectivity index (χ4v) is 7.99. The summed E-state index contributed by atoms with van der Waals surface area (Å²) in [6, 6.07) is 14.1. The summed E-state index contributed by atoms with van der Waals surface area (Å²) in [6.07, 6.45) is 9.57. The molecule has 0 saturated carbocycles. The van der Waals surface area contributed by atoms with Gasteiger partial charge in [0.2, 0.25) is 0 Å². The van der Waals surface area contributed by atoms with Crippen LogP contribution in [0.1, 0.15) is 76.1 Å². The maximum Gasteiger partial charge on any atom is 0.136 e. The third kappa shape index (κ3) is 3.05. The number of aryl methyl sites for hydroxylation is 2. The van der Waals surface area contributed by atoms with E-state index in [0.29, 0.717) is 5.88 Å². The Morgan fingerprint density at radius 2 is 1.19 bits per heavy atom. The highest BCUT2D eigenvalue weighted by molar-refractivity contribution is 6.17. The summed E-state index contributed by atoms with van der Waals surface area (Å²) in [7, 11) is 0. The van der Waals surface area contributed by atoms with E-state index in [1.54, 1.807) is 0 Å². The molecule has 0 radical (unpaired) electrons. The molecule has 0 unspecified atom stereocenters. The van der Waals surface area contributed by atoms with Gasteiger partial charge < -0.3 is 14.5 Å². The van der Waals surface area contributed by atoms with Gasteiger partial charge >= 0.3 is 0 Å². The monoisotopic (exact) mass is 496 g/mol. The van der Waals surface area contributed by atoms with E-state index in [9.17, 15) is 0 Å². The first kappa shape index (κ1) is 21.4. The van der Waals surface area contributed by atoms with Crippen molar-refractivity contribution in [1.82, 2.24) is 0 Å². The minimum absolute atomic E-state index is 0.214. The molecule has 0 spiro atoms. The number of benzene rings is 3. The van der Waals surface area contributed by atoms with Crippen LogP contribution in [-0.2, 0) is 31.6 Å². The van der Waals surface area contributed by atoms with Gasteiger partial charge in [0.05, 0.1) is 0 Å². The molecule has 0 amide bonds. The Kier molecular flexibility index (Phi) is 4.87. The Bertz CT molecular complexity index is 1290. The molecule has 0 bridgehead atoms. The summed E-state index contributed by atoms with van der Waals surface area (Å²) in [4.78, 5) is 5.28. The average Bonchev–Trinajstić information content (AvgIpc) is 2.93. The van der Waals surface area contributed by atoms with Gasteiger partial charge in [-0.2, -0.15) is 0 Å². The maximum absolute atomic E-state index is 7.14. The van der Waals surface area contributed by atoms with E-state index >= 15 is 0 Å². The fraction of sp³-hybridized carbons (Fsp3) is 0.438. The average molecular weight is 497 g/mol. The molecule has 4 heteroatoms. The minimum atomic E-state index is 0.214. The molecule has 0 aromatic heterocycles. The first-order chi connectivity index (χ1) is 17.8. The van der Waals surface area contributed by atoms with E-state index in [4.69, 9.17) is 16.3 Å². The Morgan fingerprint density at radius 3 is 1.69 bits per heavy atom. The second-order valence-electron chi connectivity index (χ2n) is 11.4. The van der Waals surface area contributed by atoms with Crippen LogP contribution in [0.4, 0.5) is 11.4 Å². The van der Waals surface area contributed by atoms with Gasteiger partial charge in [0, 0.05) is 71.6 Å². The van der Waals surface area contributed by atoms with Crippen molar-refractivity contribution in [1.29, 1.82) is 0 Å². The smallest absolute Gasteiger partial charge is 0.136 e. The van der Waals surface area contributed by atoms with Crippen LogP contribution in [-0.4, -0.2) is 26.2 Å². The van der Waals surface area contributed by atoms with Crippen molar-refractivity contribution < 1.29 is 4.74 Å². The van der Waals surface area contributed by atoms with E-state index in [-0.39, 0.29) is 5.92 Å². The fourth-order valence-electron chi connectivity index (χ4n) is 7.81. The standard InChI is InChI=1S/C32H33ClN2O/c33-19-20-9-11-21(12-10-20)28-26-17-22-5-1-13-34-15-3-7-24(29(22)34)31(26)36-32-25-8-4-16-35-14-2-6-23(30(25)35)18-27(28)32/h9-12,17-18,28H,1-8,13-16,19H2. The van der Waals surface area contributed by atoms with Gasteiger partial charge in [-0.3, -0.25) is 0 Å². The molecule has 0 aliphatic carbocycles. The second-order valence-corrected chi connectivity index (χ2v) is 11.6. The van der Waals surface area contributed by atoms with Crippen molar-refractivity contribution in [3.8, 4) is 11.5 Å². The third-order valence-corrected chi connectivity index (χ3v) is 9.60. The number of nitrogens with zero attached hydrogens (tertiary/aromatic N) is 2. The molecule has 184 valence electrons. The molecule has 5 aliphatic rings. The Morgan fingerprint density at radius 1 is 0.694 bits per heavy atom. The normalized spacial score (nSPS) is 19.7. The van der Waals surface area contributed by atoms with Gasteiger partial charge in [0.25, 0.3) is 0 Å². The quantitative estimate of drug-likeness (QED) is 0.275. The van der Waals surface area contributed by atoms with Crippen LogP contribution in [0.5, 0.6) is 11.5 Å². The van der Waals surface area contributed by atoms with Crippen LogP contribution < -0.4 is 14.5 Å². The highest BCUT2D eigenvalue weighted by Gasteiger charge is 2.39. The number of anilines is 2. The van der Waals surface area contributed by atoms with Crippen LogP contribution in [0.2, 0.25) is 0 Å². The zero-order valence-electron chi connectivity index (χ0n) is 20.9. The molecule has 3 aromatic carbocycles. The summed E-state index contributed by atoms with van der Waals surface area (Å²) in [5, 5.41) is 0. The summed E-state index contributed by atoms with van der Waals surface area (Å²) < 4.78 is 7.14. The number of halogens is 1. The summed E-state index contributed by atoms with van der Waals surface area (Å²) >= 11 is 6.18. The lowest BCUT2D eigenvalue weighted by atomic mass is 9.76. The van der Waals surface area contributed by atoms with Gasteiger partial charge in [-0.15, -0.1) is 11.6 Å². The van der Waals surface area contributed by atoms with Gasteiger partial charge in [-0.05, 0) is 85.8 Å². The van der Waals surface area contributed by atoms with Gasteiger partial charge in [0.1, 0.15) is 11.5 Å². The van der Waals surface area contributed by atoms with Crippen molar-refractivity contribution in [2.24, 2.45) is 0 Å². The third-order valence-electron chi connectivity index (χ3n) is 9.30. The first-order valence-corrected chi connectivity index (χ1v) is 14.5. The molecule has 3 aromatic rings. The second kappa shape index (κ2) is 8.18. The first-order valence-electron chi connectivity index (χ1n) is 14.0. The minimum Gasteiger partial charge on any atom is -0.456 e. The van der Waals surface area contributed by atoms with Crippen molar-refractivity contribution in [3.05, 3.63) is 80.9 Å². The van der Waals surface area contributed by atoms with Crippen LogP contribution in [0, 0.1) is 0 Å². The molecule has 0 saturated heterocycles. The lowest BCUT2D eigenvalue weighted by Gasteiger charge is -2.43. The number of alkyl halides is 1. The number of rotatable bonds is 2. The maximum atomic E-state index is 7.14. The number of fused-ring (bicyclic) bond motifs is 4. The molecule has 0 atom stereocenters. The van der Waals surface area contributed by atoms with Crippen molar-refractivity contribution >= 4 is 23.0 Å². The van der Waals surface area contributed by atoms with Crippen LogP contribution >= 0.6 is 11.6 Å². The van der Waals surface area contributed by atoms with Crippen LogP contribution in [0.25, 0.3) is 0 Å². The highest BCUT2D eigenvalue weighted by Crippen LogP contribution is 2.56. The predicted octanol–water partition coefficient (Wildman–Crippen LogP) is 7.11. The Hall–Kier alpha value is -2.65. The molecule has 0 N–H and O–H groups in total. The number of ether oxygens (including phenoxy) is 1. The molecule has 36 heavy (non-hydrogen) atoms. The van der Waals surface area contributed by atoms with E-state index in [0.717, 1.165) is 12.8 Å². The molecule has 5 heterocycles. The lowest BCUT2D eigenvalue weighted by Crippen LogP contribution is -2.36. The van der Waals surface area contributed by atoms with E-state index < -0.39 is 0 Å². The van der Waals surface area contributed by atoms with Gasteiger partial charge in [-0.25, -0.2) is 0 Å². The topological polar surface area (TPSA) is 15.7 Å². The van der Waals surface area contributed by atoms with Crippen molar-refractivity contribution in [2.75, 3.05) is 36.0 Å². The number of hydrogen-bond donors (Lipinski definition) is 0. The predicted molar refractivity (Wildman–Crippen MR) is 148 cm³/mol.